The normalized spacial score (nSPS) is 3.64. The predicted molar refractivity (Wildman–Crippen MR) is 54.1 cm³/mol. The van der Waals surface area contributed by atoms with E-state index < -0.39 is 0 Å². The number of hydrogen-bond acceptors (Lipinski definition) is 0. The maximum absolute atomic E-state index is 2.00. The van der Waals surface area contributed by atoms with Crippen LogP contribution in [0.3, 0.4) is 0 Å². The van der Waals surface area contributed by atoms with Gasteiger partial charge in [-0.2, -0.15) is 18.2 Å². The van der Waals surface area contributed by atoms with Crippen LogP contribution in [-0.4, -0.2) is 0 Å². The second-order valence-corrected chi connectivity index (χ2v) is 0.962. The maximum atomic E-state index is 2.00. The Morgan fingerprint density at radius 1 is 0.636 bits per heavy atom. The molecule has 1 aromatic rings. The van der Waals surface area contributed by atoms with Crippen LogP contribution in [0.15, 0.2) is 30.3 Å². The van der Waals surface area contributed by atoms with E-state index in [2.05, 4.69) is 0 Å². The Morgan fingerprint density at radius 2 is 0.909 bits per heavy atom. The van der Waals surface area contributed by atoms with E-state index in [4.69, 9.17) is 0 Å². The van der Waals surface area contributed by atoms with Crippen molar-refractivity contribution in [2.45, 2.75) is 0 Å². The molecular weight excluding hydrogens is 168 g/mol. The van der Waals surface area contributed by atoms with Gasteiger partial charge in [-0.25, -0.2) is 12.1 Å². The Labute approximate surface area is 89.3 Å². The topological polar surface area (TPSA) is 0 Å². The summed E-state index contributed by atoms with van der Waals surface area (Å²) in [5, 5.41) is 0. The SMILES string of the molecule is [CH3-].[CH3-].[CH3-].[CH3-].[CH3-].[Ti].c1cc[cH-]c1. The molecule has 0 aliphatic rings. The third-order valence-electron chi connectivity index (χ3n) is 0.556. The summed E-state index contributed by atoms with van der Waals surface area (Å²) in [6, 6.07) is 10.0. The first-order valence-electron chi connectivity index (χ1n) is 1.67. The second-order valence-electron chi connectivity index (χ2n) is 0.962. The summed E-state index contributed by atoms with van der Waals surface area (Å²) in [7, 11) is 0. The van der Waals surface area contributed by atoms with Gasteiger partial charge in [-0.3, -0.25) is 0 Å². The van der Waals surface area contributed by atoms with Crippen LogP contribution in [0.1, 0.15) is 0 Å². The predicted octanol–water partition coefficient (Wildman–Crippen LogP) is 3.65. The molecule has 0 nitrogen and oxygen atoms in total. The minimum absolute atomic E-state index is 0. The van der Waals surface area contributed by atoms with Crippen molar-refractivity contribution in [2.75, 3.05) is 0 Å². The van der Waals surface area contributed by atoms with E-state index in [0.29, 0.717) is 0 Å². The van der Waals surface area contributed by atoms with E-state index in [-0.39, 0.29) is 58.9 Å². The van der Waals surface area contributed by atoms with Gasteiger partial charge in [0.1, 0.15) is 0 Å². The minimum Gasteiger partial charge on any atom is -0.358 e. The third-order valence-corrected chi connectivity index (χ3v) is 0.556. The van der Waals surface area contributed by atoms with Gasteiger partial charge in [0, 0.05) is 21.7 Å². The molecule has 0 radical (unpaired) electrons. The summed E-state index contributed by atoms with van der Waals surface area (Å²) in [5.74, 6) is 0. The Balaban J connectivity index is -0.0000000104. The summed E-state index contributed by atoms with van der Waals surface area (Å²) in [6.07, 6.45) is 0. The molecule has 70 valence electrons. The fraction of sp³-hybridized carbons (Fsp3) is 0. The molecule has 0 aliphatic carbocycles. The smallest absolute Gasteiger partial charge is 0 e. The summed E-state index contributed by atoms with van der Waals surface area (Å²) in [5.41, 5.74) is 0. The van der Waals surface area contributed by atoms with Crippen molar-refractivity contribution in [1.29, 1.82) is 0 Å². The molecule has 0 fully saturated rings. The molecule has 0 aromatic heterocycles. The molecule has 0 amide bonds. The molecule has 1 rings (SSSR count). The van der Waals surface area contributed by atoms with Crippen molar-refractivity contribution in [2.24, 2.45) is 0 Å². The first-order chi connectivity index (χ1) is 2.50. The van der Waals surface area contributed by atoms with E-state index >= 15 is 0 Å². The standard InChI is InChI=1S/C5H5.5CH3.Ti/c1-2-4-5-3-1;;;;;;/h1-5H;5*1H3;/q6*-1;. The molecule has 0 unspecified atom stereocenters. The van der Waals surface area contributed by atoms with Crippen LogP contribution in [0, 0.1) is 37.1 Å². The fourth-order valence-corrected chi connectivity index (χ4v) is 0.321. The average Bonchev–Trinajstić information content (AvgIpc) is 1.76. The average molecular weight is 188 g/mol. The molecule has 0 bridgehead atoms. The molecule has 0 aliphatic heterocycles. The monoisotopic (exact) mass is 188 g/mol. The van der Waals surface area contributed by atoms with Crippen LogP contribution in [0.25, 0.3) is 0 Å². The molecule has 0 saturated heterocycles. The van der Waals surface area contributed by atoms with Gasteiger partial charge in [0.2, 0.25) is 0 Å². The van der Waals surface area contributed by atoms with Crippen molar-refractivity contribution < 1.29 is 21.7 Å². The van der Waals surface area contributed by atoms with Crippen LogP contribution < -0.4 is 0 Å². The summed E-state index contributed by atoms with van der Waals surface area (Å²) >= 11 is 0. The van der Waals surface area contributed by atoms with Gasteiger partial charge in [0.25, 0.3) is 0 Å². The van der Waals surface area contributed by atoms with E-state index in [0.717, 1.165) is 0 Å². The van der Waals surface area contributed by atoms with Crippen molar-refractivity contribution in [3.8, 4) is 0 Å². The Hall–Kier alpha value is 0.0643. The maximum Gasteiger partial charge on any atom is 0 e. The molecule has 0 saturated carbocycles. The molecule has 1 aromatic carbocycles. The molecule has 0 atom stereocenters. The van der Waals surface area contributed by atoms with Gasteiger partial charge in [-0.05, 0) is 0 Å². The molecule has 1 heteroatoms. The van der Waals surface area contributed by atoms with Crippen LogP contribution in [0.2, 0.25) is 0 Å². The van der Waals surface area contributed by atoms with Gasteiger partial charge in [-0.15, -0.1) is 0 Å². The Bertz CT molecular complexity index is 61.3. The van der Waals surface area contributed by atoms with E-state index in [1.807, 2.05) is 30.3 Å². The van der Waals surface area contributed by atoms with Gasteiger partial charge in [-0.1, -0.05) is 0 Å². The van der Waals surface area contributed by atoms with E-state index in [9.17, 15) is 0 Å². The van der Waals surface area contributed by atoms with Gasteiger partial charge in [0.05, 0.1) is 0 Å². The van der Waals surface area contributed by atoms with Gasteiger partial charge >= 0.3 is 0 Å². The van der Waals surface area contributed by atoms with Crippen molar-refractivity contribution in [3.05, 3.63) is 67.5 Å². The summed E-state index contributed by atoms with van der Waals surface area (Å²) in [6.45, 7) is 0. The van der Waals surface area contributed by atoms with Crippen LogP contribution >= 0.6 is 0 Å². The minimum atomic E-state index is 0. The first-order valence-corrected chi connectivity index (χ1v) is 1.67. The zero-order valence-corrected chi connectivity index (χ0v) is 9.95. The zero-order valence-electron chi connectivity index (χ0n) is 8.39. The van der Waals surface area contributed by atoms with E-state index in [1.165, 1.54) is 0 Å². The number of hydrogen-bond donors (Lipinski definition) is 0. The van der Waals surface area contributed by atoms with Crippen LogP contribution in [0.5, 0.6) is 0 Å². The molecule has 0 N–H and O–H groups in total. The third kappa shape index (κ3) is 25.5. The summed E-state index contributed by atoms with van der Waals surface area (Å²) in [4.78, 5) is 0. The fourth-order valence-electron chi connectivity index (χ4n) is 0.321. The molecule has 0 spiro atoms. The Kier molecular flexibility index (Phi) is 128. The molecular formula is C10H20Ti-6. The van der Waals surface area contributed by atoms with Crippen molar-refractivity contribution in [3.63, 3.8) is 0 Å². The van der Waals surface area contributed by atoms with Crippen LogP contribution in [-0.2, 0) is 21.7 Å². The summed E-state index contributed by atoms with van der Waals surface area (Å²) < 4.78 is 0. The second kappa shape index (κ2) is 32.2. The number of rotatable bonds is 0. The Morgan fingerprint density at radius 3 is 1.00 bits per heavy atom. The van der Waals surface area contributed by atoms with Gasteiger partial charge in [0.15, 0.2) is 0 Å². The largest absolute Gasteiger partial charge is 0.358 e. The van der Waals surface area contributed by atoms with Crippen molar-refractivity contribution in [1.82, 2.24) is 0 Å². The van der Waals surface area contributed by atoms with E-state index in [1.54, 1.807) is 0 Å². The quantitative estimate of drug-likeness (QED) is 0.430. The van der Waals surface area contributed by atoms with Gasteiger partial charge < -0.3 is 37.1 Å². The van der Waals surface area contributed by atoms with Crippen molar-refractivity contribution >= 4 is 0 Å². The first kappa shape index (κ1) is 43.7. The molecule has 0 heterocycles. The van der Waals surface area contributed by atoms with Crippen LogP contribution in [0.4, 0.5) is 0 Å². The zero-order chi connectivity index (χ0) is 3.54. The molecule has 11 heavy (non-hydrogen) atoms.